The van der Waals surface area contributed by atoms with Gasteiger partial charge >= 0.3 is 6.09 Å². The van der Waals surface area contributed by atoms with Crippen LogP contribution in [0.3, 0.4) is 0 Å². The number of rotatable bonds is 5. The number of carbonyl (C=O) groups is 1. The van der Waals surface area contributed by atoms with Crippen molar-refractivity contribution in [2.75, 3.05) is 31.1 Å². The number of anilines is 1. The topological polar surface area (TPSA) is 96.2 Å². The quantitative estimate of drug-likeness (QED) is 0.458. The molecule has 1 aliphatic rings. The van der Waals surface area contributed by atoms with E-state index in [9.17, 15) is 13.2 Å². The van der Waals surface area contributed by atoms with Gasteiger partial charge in [-0.25, -0.2) is 13.2 Å². The fourth-order valence-electron chi connectivity index (χ4n) is 3.67. The Bertz CT molecular complexity index is 1110. The number of benzene rings is 2. The molecule has 10 heteroatoms. The third kappa shape index (κ3) is 6.26. The van der Waals surface area contributed by atoms with Crippen LogP contribution in [-0.4, -0.2) is 55.6 Å². The first-order valence-electron chi connectivity index (χ1n) is 10.7. The van der Waals surface area contributed by atoms with Crippen LogP contribution in [0.2, 0.25) is 0 Å². The van der Waals surface area contributed by atoms with Crippen LogP contribution in [0.25, 0.3) is 0 Å². The van der Waals surface area contributed by atoms with Crippen LogP contribution in [-0.2, 0) is 21.3 Å². The first-order valence-corrected chi connectivity index (χ1v) is 13.0. The molecule has 2 aromatic carbocycles. The Morgan fingerprint density at radius 3 is 2.36 bits per heavy atom. The molecular weight excluding hydrogens is 508 g/mol. The highest BCUT2D eigenvalue weighted by Gasteiger charge is 2.28. The number of hydrogen-bond donors (Lipinski definition) is 1. The fourth-order valence-corrected chi connectivity index (χ4v) is 5.37. The SMILES string of the molecule is Cc1ccccc1S(=O)(=O)N(N)Cc1cc(Br)ccc1N1CCN(C(=O)OC(C)(C)C)CC1. The lowest BCUT2D eigenvalue weighted by atomic mass is 10.1. The van der Waals surface area contributed by atoms with Gasteiger partial charge in [0.25, 0.3) is 10.0 Å². The van der Waals surface area contributed by atoms with Crippen molar-refractivity contribution in [1.82, 2.24) is 9.31 Å². The van der Waals surface area contributed by atoms with Crippen LogP contribution >= 0.6 is 15.9 Å². The normalized spacial score (nSPS) is 15.1. The second kappa shape index (κ2) is 10.0. The number of hydrazine groups is 1. The third-order valence-corrected chi connectivity index (χ3v) is 7.57. The van der Waals surface area contributed by atoms with E-state index in [0.717, 1.165) is 20.1 Å². The minimum atomic E-state index is -3.86. The molecule has 1 amide bonds. The molecule has 1 aliphatic heterocycles. The number of carbonyl (C=O) groups excluding carboxylic acids is 1. The van der Waals surface area contributed by atoms with Gasteiger partial charge in [-0.3, -0.25) is 5.84 Å². The highest BCUT2D eigenvalue weighted by atomic mass is 79.9. The van der Waals surface area contributed by atoms with Gasteiger partial charge in [0.15, 0.2) is 0 Å². The molecule has 2 aromatic rings. The summed E-state index contributed by atoms with van der Waals surface area (Å²) in [7, 11) is -3.86. The van der Waals surface area contributed by atoms with E-state index in [4.69, 9.17) is 10.6 Å². The van der Waals surface area contributed by atoms with Crippen LogP contribution in [0.15, 0.2) is 51.8 Å². The van der Waals surface area contributed by atoms with E-state index in [1.165, 1.54) is 0 Å². The Hall–Kier alpha value is -2.14. The number of piperazine rings is 1. The number of sulfonamides is 1. The predicted octanol–water partition coefficient (Wildman–Crippen LogP) is 3.88. The van der Waals surface area contributed by atoms with Crippen molar-refractivity contribution in [2.45, 2.75) is 44.7 Å². The number of ether oxygens (including phenoxy) is 1. The monoisotopic (exact) mass is 538 g/mol. The summed E-state index contributed by atoms with van der Waals surface area (Å²) in [5.74, 6) is 6.10. The van der Waals surface area contributed by atoms with Gasteiger partial charge < -0.3 is 14.5 Å². The summed E-state index contributed by atoms with van der Waals surface area (Å²) in [6.45, 7) is 9.52. The van der Waals surface area contributed by atoms with E-state index in [2.05, 4.69) is 20.8 Å². The van der Waals surface area contributed by atoms with Crippen LogP contribution in [0.5, 0.6) is 0 Å². The lowest BCUT2D eigenvalue weighted by Gasteiger charge is -2.37. The van der Waals surface area contributed by atoms with Crippen molar-refractivity contribution < 1.29 is 17.9 Å². The van der Waals surface area contributed by atoms with Gasteiger partial charge in [-0.2, -0.15) is 0 Å². The zero-order valence-electron chi connectivity index (χ0n) is 19.4. The minimum absolute atomic E-state index is 0.0116. The number of nitrogens with zero attached hydrogens (tertiary/aromatic N) is 3. The number of hydrogen-bond acceptors (Lipinski definition) is 6. The van der Waals surface area contributed by atoms with E-state index in [0.29, 0.717) is 31.7 Å². The maximum atomic E-state index is 13.1. The zero-order valence-corrected chi connectivity index (χ0v) is 21.8. The summed E-state index contributed by atoms with van der Waals surface area (Å²) < 4.78 is 33.3. The maximum Gasteiger partial charge on any atom is 0.410 e. The average Bonchev–Trinajstić information content (AvgIpc) is 2.73. The van der Waals surface area contributed by atoms with Crippen LogP contribution < -0.4 is 10.7 Å². The first kappa shape index (κ1) is 25.5. The second-order valence-corrected chi connectivity index (χ2v) is 11.8. The van der Waals surface area contributed by atoms with E-state index >= 15 is 0 Å². The summed E-state index contributed by atoms with van der Waals surface area (Å²) >= 11 is 3.48. The van der Waals surface area contributed by atoms with Crippen LogP contribution in [0.4, 0.5) is 10.5 Å². The van der Waals surface area contributed by atoms with Gasteiger partial charge in [-0.15, -0.1) is 4.41 Å². The van der Waals surface area contributed by atoms with Crippen LogP contribution in [0.1, 0.15) is 31.9 Å². The van der Waals surface area contributed by atoms with Gasteiger partial charge in [-0.05, 0) is 63.1 Å². The molecule has 0 aromatic heterocycles. The molecule has 0 saturated carbocycles. The van der Waals surface area contributed by atoms with Crippen LogP contribution in [0, 0.1) is 6.92 Å². The highest BCUT2D eigenvalue weighted by Crippen LogP contribution is 2.28. The van der Waals surface area contributed by atoms with Gasteiger partial charge in [0.2, 0.25) is 0 Å². The Kier molecular flexibility index (Phi) is 7.73. The number of amides is 1. The summed E-state index contributed by atoms with van der Waals surface area (Å²) in [6.07, 6.45) is -0.323. The molecule has 1 fully saturated rings. The molecule has 180 valence electrons. The van der Waals surface area contributed by atoms with Gasteiger partial charge in [0.05, 0.1) is 11.4 Å². The molecule has 0 atom stereocenters. The summed E-state index contributed by atoms with van der Waals surface area (Å²) in [6, 6.07) is 12.5. The molecular formula is C23H31BrN4O4S. The van der Waals surface area contributed by atoms with E-state index in [1.54, 1.807) is 36.1 Å². The Balaban J connectivity index is 1.77. The molecule has 8 nitrogen and oxygen atoms in total. The molecule has 3 rings (SSSR count). The molecule has 0 spiro atoms. The average molecular weight is 539 g/mol. The summed E-state index contributed by atoms with van der Waals surface area (Å²) in [5.41, 5.74) is 1.76. The van der Waals surface area contributed by atoms with Gasteiger partial charge in [0, 0.05) is 36.3 Å². The van der Waals surface area contributed by atoms with Crippen molar-refractivity contribution in [3.63, 3.8) is 0 Å². The molecule has 2 N–H and O–H groups in total. The first-order chi connectivity index (χ1) is 15.4. The van der Waals surface area contributed by atoms with Crippen molar-refractivity contribution in [1.29, 1.82) is 0 Å². The fraction of sp³-hybridized carbons (Fsp3) is 0.435. The second-order valence-electron chi connectivity index (χ2n) is 9.04. The van der Waals surface area contributed by atoms with Crippen molar-refractivity contribution in [3.05, 3.63) is 58.1 Å². The number of nitrogens with two attached hydrogens (primary N) is 1. The largest absolute Gasteiger partial charge is 0.444 e. The zero-order chi connectivity index (χ0) is 24.4. The standard InChI is InChI=1S/C23H31BrN4O4S/c1-17-7-5-6-8-21(17)33(30,31)28(25)16-18-15-19(24)9-10-20(18)26-11-13-27(14-12-26)22(29)32-23(2,3)4/h5-10,15H,11-14,16,25H2,1-4H3. The number of halogens is 1. The Morgan fingerprint density at radius 1 is 1.12 bits per heavy atom. The molecule has 1 saturated heterocycles. The molecule has 0 bridgehead atoms. The highest BCUT2D eigenvalue weighted by molar-refractivity contribution is 9.10. The molecule has 0 radical (unpaired) electrons. The summed E-state index contributed by atoms with van der Waals surface area (Å²) in [5, 5.41) is 0. The molecule has 33 heavy (non-hydrogen) atoms. The number of aryl methyl sites for hydroxylation is 1. The lowest BCUT2D eigenvalue weighted by molar-refractivity contribution is 0.0240. The van der Waals surface area contributed by atoms with Crippen molar-refractivity contribution >= 4 is 37.7 Å². The molecule has 0 unspecified atom stereocenters. The minimum Gasteiger partial charge on any atom is -0.444 e. The van der Waals surface area contributed by atoms with Gasteiger partial charge in [0.1, 0.15) is 5.60 Å². The lowest BCUT2D eigenvalue weighted by Crippen LogP contribution is -2.50. The Morgan fingerprint density at radius 2 is 1.76 bits per heavy atom. The van der Waals surface area contributed by atoms with E-state index in [-0.39, 0.29) is 17.5 Å². The van der Waals surface area contributed by atoms with E-state index < -0.39 is 15.6 Å². The predicted molar refractivity (Wildman–Crippen MR) is 132 cm³/mol. The molecule has 0 aliphatic carbocycles. The maximum absolute atomic E-state index is 13.1. The smallest absolute Gasteiger partial charge is 0.410 e. The van der Waals surface area contributed by atoms with Crippen molar-refractivity contribution in [2.24, 2.45) is 5.84 Å². The summed E-state index contributed by atoms with van der Waals surface area (Å²) in [4.78, 5) is 16.4. The molecule has 1 heterocycles. The van der Waals surface area contributed by atoms with Crippen molar-refractivity contribution in [3.8, 4) is 0 Å². The third-order valence-electron chi connectivity index (χ3n) is 5.32. The van der Waals surface area contributed by atoms with Gasteiger partial charge in [-0.1, -0.05) is 34.1 Å². The van der Waals surface area contributed by atoms with E-state index in [1.807, 2.05) is 39.0 Å². The Labute approximate surface area is 204 Å².